The molecule has 11 nitrogen and oxygen atoms in total. The van der Waals surface area contributed by atoms with Crippen LogP contribution in [0.2, 0.25) is 0 Å². The van der Waals surface area contributed by atoms with Gasteiger partial charge in [0.1, 0.15) is 18.0 Å². The predicted octanol–water partition coefficient (Wildman–Crippen LogP) is 4.36. The maximum Gasteiger partial charge on any atom is 0.410 e. The van der Waals surface area contributed by atoms with Gasteiger partial charge < -0.3 is 38.4 Å². The maximum absolute atomic E-state index is 14.0. The van der Waals surface area contributed by atoms with Crippen LogP contribution in [0.25, 0.3) is 0 Å². The van der Waals surface area contributed by atoms with Gasteiger partial charge >= 0.3 is 12.1 Å². The summed E-state index contributed by atoms with van der Waals surface area (Å²) < 4.78 is 36.7. The van der Waals surface area contributed by atoms with Crippen molar-refractivity contribution in [1.82, 2.24) is 4.90 Å². The van der Waals surface area contributed by atoms with E-state index in [9.17, 15) is 19.5 Å². The number of esters is 1. The van der Waals surface area contributed by atoms with Gasteiger partial charge in [0.2, 0.25) is 0 Å². The standard InChI is InChI=1S/C33H57NO10/c1-14-23-33(10)27(34(11)30(38)44-33)19(4)25(35)17(2)15-31(8,39-12)21(6)18(3)26(20(5)29(37)42-23)43-24-16-32(9,40-13)28(36)22(7)41-24/h17-24,26-28,36H,14-16H2,1-13H3/t17-,18-,19+,20-,21-,22+,23-,24+,26+,27-,28+,31-,32-,33-/m1/s1. The first-order valence-corrected chi connectivity index (χ1v) is 16.1. The third-order valence-corrected chi connectivity index (χ3v) is 11.4. The van der Waals surface area contributed by atoms with Crippen LogP contribution in [0, 0.1) is 29.6 Å². The van der Waals surface area contributed by atoms with Gasteiger partial charge in [0.25, 0.3) is 0 Å². The summed E-state index contributed by atoms with van der Waals surface area (Å²) in [7, 11) is 4.80. The highest BCUT2D eigenvalue weighted by Gasteiger charge is 2.59. The van der Waals surface area contributed by atoms with Crippen LogP contribution in [0.5, 0.6) is 0 Å². The van der Waals surface area contributed by atoms with E-state index in [1.54, 1.807) is 42.0 Å². The Labute approximate surface area is 263 Å². The molecule has 1 N–H and O–H groups in total. The zero-order valence-electron chi connectivity index (χ0n) is 29.0. The van der Waals surface area contributed by atoms with Crippen LogP contribution in [0.15, 0.2) is 0 Å². The van der Waals surface area contributed by atoms with Gasteiger partial charge in [-0.25, -0.2) is 4.79 Å². The van der Waals surface area contributed by atoms with Crippen molar-refractivity contribution in [2.45, 2.75) is 142 Å². The number of fused-ring (bicyclic) bond motifs is 1. The largest absolute Gasteiger partial charge is 0.458 e. The zero-order chi connectivity index (χ0) is 33.5. The number of hydrogen-bond donors (Lipinski definition) is 1. The van der Waals surface area contributed by atoms with E-state index in [2.05, 4.69) is 0 Å². The maximum atomic E-state index is 14.0. The molecular formula is C33H57NO10. The van der Waals surface area contributed by atoms with Crippen LogP contribution < -0.4 is 0 Å². The number of cyclic esters (lactones) is 1. The molecule has 1 amide bonds. The molecule has 3 saturated heterocycles. The number of carbonyl (C=O) groups is 3. The number of aliphatic hydroxyl groups excluding tert-OH is 1. The third kappa shape index (κ3) is 6.54. The molecule has 0 aromatic carbocycles. The summed E-state index contributed by atoms with van der Waals surface area (Å²) in [6, 6.07) is -0.645. The first-order valence-electron chi connectivity index (χ1n) is 16.1. The van der Waals surface area contributed by atoms with E-state index in [1.807, 2.05) is 48.5 Å². The van der Waals surface area contributed by atoms with Crippen molar-refractivity contribution in [3.63, 3.8) is 0 Å². The van der Waals surface area contributed by atoms with E-state index in [1.165, 1.54) is 4.90 Å². The van der Waals surface area contributed by atoms with Crippen molar-refractivity contribution in [3.05, 3.63) is 0 Å². The van der Waals surface area contributed by atoms with Gasteiger partial charge in [0.15, 0.2) is 11.9 Å². The number of amides is 1. The lowest BCUT2D eigenvalue weighted by molar-refractivity contribution is -0.298. The van der Waals surface area contributed by atoms with Gasteiger partial charge in [-0.05, 0) is 59.3 Å². The molecule has 0 unspecified atom stereocenters. The Morgan fingerprint density at radius 3 is 2.07 bits per heavy atom. The molecule has 3 aliphatic heterocycles. The van der Waals surface area contributed by atoms with Crippen molar-refractivity contribution >= 4 is 17.8 Å². The minimum Gasteiger partial charge on any atom is -0.458 e. The summed E-state index contributed by atoms with van der Waals surface area (Å²) >= 11 is 0. The highest BCUT2D eigenvalue weighted by molar-refractivity contribution is 5.85. The molecule has 44 heavy (non-hydrogen) atoms. The number of nitrogens with zero attached hydrogens (tertiary/aromatic N) is 1. The molecule has 0 aromatic rings. The van der Waals surface area contributed by atoms with Gasteiger partial charge in [-0.3, -0.25) is 9.59 Å². The SMILES string of the molecule is CC[C@H]1OC(=O)[C@H](C)[C@@H](O[C@H]2C[C@@](C)(OC)[C@@H](O)[C@H](C)O2)[C@H](C)[C@@H](C)[C@](C)(OC)C[C@@H](C)C(=O)[C@H](C)[C@H]2N(C)C(=O)O[C@]12C. The number of ether oxygens (including phenoxy) is 6. The van der Waals surface area contributed by atoms with Crippen molar-refractivity contribution < 1.29 is 47.9 Å². The second kappa shape index (κ2) is 13.5. The van der Waals surface area contributed by atoms with E-state index in [4.69, 9.17) is 28.4 Å². The summed E-state index contributed by atoms with van der Waals surface area (Å²) in [5.41, 5.74) is -2.93. The van der Waals surface area contributed by atoms with E-state index < -0.39 is 83.4 Å². The summed E-state index contributed by atoms with van der Waals surface area (Å²) in [5.74, 6) is -2.69. The van der Waals surface area contributed by atoms with E-state index in [0.29, 0.717) is 12.8 Å². The Balaban J connectivity index is 2.10. The number of Topliss-reactive ketones (excluding diaryl/α,β-unsaturated/α-hetero) is 1. The fourth-order valence-electron chi connectivity index (χ4n) is 7.97. The zero-order valence-corrected chi connectivity index (χ0v) is 29.0. The van der Waals surface area contributed by atoms with Crippen molar-refractivity contribution in [1.29, 1.82) is 0 Å². The highest BCUT2D eigenvalue weighted by atomic mass is 16.7. The Morgan fingerprint density at radius 1 is 0.932 bits per heavy atom. The molecule has 0 bridgehead atoms. The molecule has 0 aliphatic carbocycles. The lowest BCUT2D eigenvalue weighted by Crippen LogP contribution is -2.59. The number of methoxy groups -OCH3 is 2. The molecule has 3 fully saturated rings. The minimum atomic E-state index is -1.26. The van der Waals surface area contributed by atoms with Crippen LogP contribution in [-0.4, -0.2) is 103 Å². The average molecular weight is 628 g/mol. The fraction of sp³-hybridized carbons (Fsp3) is 0.909. The third-order valence-electron chi connectivity index (χ3n) is 11.4. The quantitative estimate of drug-likeness (QED) is 0.439. The highest BCUT2D eigenvalue weighted by Crippen LogP contribution is 2.44. The Bertz CT molecular complexity index is 1060. The molecule has 14 atom stereocenters. The summed E-state index contributed by atoms with van der Waals surface area (Å²) in [6.45, 7) is 18.7. The van der Waals surface area contributed by atoms with Crippen LogP contribution >= 0.6 is 0 Å². The second-order valence-corrected chi connectivity index (χ2v) is 14.2. The summed E-state index contributed by atoms with van der Waals surface area (Å²) in [6.07, 6.45) is -3.21. The molecule has 3 rings (SSSR count). The van der Waals surface area contributed by atoms with Crippen molar-refractivity contribution in [3.8, 4) is 0 Å². The first kappa shape index (κ1) is 36.7. The monoisotopic (exact) mass is 627 g/mol. The minimum absolute atomic E-state index is 0.0177. The van der Waals surface area contributed by atoms with Gasteiger partial charge in [-0.2, -0.15) is 0 Å². The molecule has 11 heteroatoms. The normalized spacial score (nSPS) is 47.9. The Morgan fingerprint density at radius 2 is 1.52 bits per heavy atom. The number of likely N-dealkylation sites (N-methyl/N-ethyl adjacent to an activating group) is 1. The number of hydrogen-bond acceptors (Lipinski definition) is 10. The van der Waals surface area contributed by atoms with Crippen LogP contribution in [0.4, 0.5) is 4.79 Å². The smallest absolute Gasteiger partial charge is 0.410 e. The number of carbonyl (C=O) groups excluding carboxylic acids is 3. The Hall–Kier alpha value is -1.79. The van der Waals surface area contributed by atoms with E-state index in [0.717, 1.165) is 0 Å². The van der Waals surface area contributed by atoms with Crippen LogP contribution in [-0.2, 0) is 38.0 Å². The van der Waals surface area contributed by atoms with Crippen LogP contribution in [0.1, 0.15) is 88.5 Å². The van der Waals surface area contributed by atoms with Gasteiger partial charge in [0.05, 0.1) is 35.4 Å². The second-order valence-electron chi connectivity index (χ2n) is 14.2. The van der Waals surface area contributed by atoms with E-state index >= 15 is 0 Å². The molecule has 254 valence electrons. The predicted molar refractivity (Wildman–Crippen MR) is 163 cm³/mol. The number of aliphatic hydroxyl groups is 1. The van der Waals surface area contributed by atoms with E-state index in [-0.39, 0.29) is 24.0 Å². The number of ketones is 1. The van der Waals surface area contributed by atoms with Crippen LogP contribution in [0.3, 0.4) is 0 Å². The molecule has 0 saturated carbocycles. The molecule has 0 aromatic heterocycles. The topological polar surface area (TPSA) is 130 Å². The summed E-state index contributed by atoms with van der Waals surface area (Å²) in [4.78, 5) is 42.4. The van der Waals surface area contributed by atoms with Crippen molar-refractivity contribution in [2.75, 3.05) is 21.3 Å². The number of rotatable bonds is 5. The van der Waals surface area contributed by atoms with Gasteiger partial charge in [-0.15, -0.1) is 0 Å². The molecule has 0 spiro atoms. The average Bonchev–Trinajstić information content (AvgIpc) is 3.22. The summed E-state index contributed by atoms with van der Waals surface area (Å²) in [5, 5.41) is 10.8. The lowest BCUT2D eigenvalue weighted by Gasteiger charge is -2.48. The van der Waals surface area contributed by atoms with Crippen molar-refractivity contribution in [2.24, 2.45) is 29.6 Å². The molecule has 3 heterocycles. The van der Waals surface area contributed by atoms with Gasteiger partial charge in [-0.1, -0.05) is 34.6 Å². The fourth-order valence-corrected chi connectivity index (χ4v) is 7.97. The molecule has 3 aliphatic rings. The molecule has 0 radical (unpaired) electrons. The Kier molecular flexibility index (Phi) is 11.3. The van der Waals surface area contributed by atoms with Gasteiger partial charge in [0, 0.05) is 39.5 Å². The first-order chi connectivity index (χ1) is 20.3. The molecular weight excluding hydrogens is 570 g/mol. The lowest BCUT2D eigenvalue weighted by atomic mass is 9.70.